The topological polar surface area (TPSA) is 55.7 Å². The minimum absolute atomic E-state index is 0.0502. The predicted molar refractivity (Wildman–Crippen MR) is 71.8 cm³/mol. The molecule has 0 spiro atoms. The molecule has 4 heteroatoms. The second-order valence-electron chi connectivity index (χ2n) is 4.17. The quantitative estimate of drug-likeness (QED) is 0.464. The van der Waals surface area contributed by atoms with Gasteiger partial charge in [0.2, 0.25) is 0 Å². The highest BCUT2D eigenvalue weighted by Crippen LogP contribution is 2.14. The molecule has 1 aromatic carbocycles. The number of oxime groups is 1. The maximum absolute atomic E-state index is 11.7. The maximum atomic E-state index is 11.7. The van der Waals surface area contributed by atoms with E-state index in [0.717, 1.165) is 0 Å². The van der Waals surface area contributed by atoms with Crippen LogP contribution in [0.1, 0.15) is 24.2 Å². The molecule has 0 aliphatic heterocycles. The van der Waals surface area contributed by atoms with Crippen LogP contribution < -0.4 is 0 Å². The third-order valence-electron chi connectivity index (χ3n) is 2.95. The zero-order chi connectivity index (χ0) is 13.8. The number of carbonyl (C=O) groups excluding carboxylic acids is 2. The molecule has 0 heterocycles. The van der Waals surface area contributed by atoms with Crippen LogP contribution in [0.4, 0.5) is 0 Å². The summed E-state index contributed by atoms with van der Waals surface area (Å²) < 4.78 is 0. The molecule has 1 aliphatic carbocycles. The van der Waals surface area contributed by atoms with E-state index in [4.69, 9.17) is 4.84 Å². The molecule has 0 saturated heterocycles. The van der Waals surface area contributed by atoms with Gasteiger partial charge in [-0.25, -0.2) is 4.79 Å². The van der Waals surface area contributed by atoms with E-state index >= 15 is 0 Å². The summed E-state index contributed by atoms with van der Waals surface area (Å²) in [6.45, 7) is 3.49. The maximum Gasteiger partial charge on any atom is 0.365 e. The molecule has 4 nitrogen and oxygen atoms in total. The van der Waals surface area contributed by atoms with Crippen molar-refractivity contribution in [3.8, 4) is 0 Å². The van der Waals surface area contributed by atoms with Gasteiger partial charge in [0.05, 0.1) is 5.56 Å². The summed E-state index contributed by atoms with van der Waals surface area (Å²) in [4.78, 5) is 28.0. The fraction of sp³-hybridized carbons (Fsp3) is 0.133. The van der Waals surface area contributed by atoms with Crippen molar-refractivity contribution < 1.29 is 14.4 Å². The Labute approximate surface area is 111 Å². The van der Waals surface area contributed by atoms with Crippen molar-refractivity contribution in [3.63, 3.8) is 0 Å². The lowest BCUT2D eigenvalue weighted by Gasteiger charge is -2.09. The van der Waals surface area contributed by atoms with Gasteiger partial charge < -0.3 is 4.84 Å². The highest BCUT2D eigenvalue weighted by atomic mass is 16.7. The van der Waals surface area contributed by atoms with Crippen LogP contribution in [0.3, 0.4) is 0 Å². The van der Waals surface area contributed by atoms with Crippen LogP contribution in [-0.4, -0.2) is 17.5 Å². The smallest absolute Gasteiger partial charge is 0.312 e. The molecule has 0 unspecified atom stereocenters. The van der Waals surface area contributed by atoms with E-state index in [1.807, 2.05) is 6.07 Å². The first-order valence-corrected chi connectivity index (χ1v) is 5.84. The van der Waals surface area contributed by atoms with Crippen LogP contribution in [0.15, 0.2) is 58.8 Å². The average Bonchev–Trinajstić information content (AvgIpc) is 2.45. The molecule has 0 fully saturated rings. The molecule has 0 N–H and O–H groups in total. The van der Waals surface area contributed by atoms with Crippen LogP contribution in [0, 0.1) is 0 Å². The van der Waals surface area contributed by atoms with Crippen molar-refractivity contribution in [2.45, 2.75) is 13.8 Å². The molecule has 0 amide bonds. The highest BCUT2D eigenvalue weighted by molar-refractivity contribution is 6.21. The molecule has 0 aromatic heterocycles. The first-order chi connectivity index (χ1) is 9.09. The number of benzene rings is 1. The Bertz CT molecular complexity index is 610. The molecule has 0 bridgehead atoms. The summed E-state index contributed by atoms with van der Waals surface area (Å²) in [5, 5.41) is 3.80. The summed E-state index contributed by atoms with van der Waals surface area (Å²) in [6.07, 6.45) is 2.96. The lowest BCUT2D eigenvalue weighted by atomic mass is 9.97. The van der Waals surface area contributed by atoms with Gasteiger partial charge in [-0.1, -0.05) is 23.4 Å². The van der Waals surface area contributed by atoms with Crippen molar-refractivity contribution >= 4 is 17.5 Å². The second kappa shape index (κ2) is 5.44. The summed E-state index contributed by atoms with van der Waals surface area (Å²) in [6, 6.07) is 8.61. The summed E-state index contributed by atoms with van der Waals surface area (Å²) in [7, 11) is 0. The van der Waals surface area contributed by atoms with Gasteiger partial charge in [0.25, 0.3) is 0 Å². The molecule has 0 radical (unpaired) electrons. The summed E-state index contributed by atoms with van der Waals surface area (Å²) >= 11 is 0. The number of ketones is 1. The first-order valence-electron chi connectivity index (χ1n) is 5.84. The molecular weight excluding hydrogens is 242 g/mol. The van der Waals surface area contributed by atoms with Crippen LogP contribution in [-0.2, 0) is 9.63 Å². The van der Waals surface area contributed by atoms with Gasteiger partial charge in [0, 0.05) is 5.57 Å². The van der Waals surface area contributed by atoms with Gasteiger partial charge in [-0.2, -0.15) is 0 Å². The molecule has 0 saturated carbocycles. The number of allylic oxidation sites excluding steroid dienone is 4. The second-order valence-corrected chi connectivity index (χ2v) is 4.17. The minimum atomic E-state index is -0.524. The number of carbonyl (C=O) groups is 2. The van der Waals surface area contributed by atoms with Gasteiger partial charge in [-0.3, -0.25) is 4.79 Å². The van der Waals surface area contributed by atoms with E-state index in [1.54, 1.807) is 44.2 Å². The monoisotopic (exact) mass is 255 g/mol. The Balaban J connectivity index is 2.14. The third kappa shape index (κ3) is 2.85. The van der Waals surface area contributed by atoms with E-state index in [2.05, 4.69) is 5.16 Å². The Morgan fingerprint density at radius 1 is 1.05 bits per heavy atom. The number of rotatable bonds is 2. The van der Waals surface area contributed by atoms with Crippen LogP contribution in [0.25, 0.3) is 0 Å². The molecular formula is C15H13NO3. The molecule has 1 aliphatic rings. The normalized spacial score (nSPS) is 16.9. The Morgan fingerprint density at radius 3 is 2.42 bits per heavy atom. The van der Waals surface area contributed by atoms with Gasteiger partial charge >= 0.3 is 5.97 Å². The zero-order valence-corrected chi connectivity index (χ0v) is 10.7. The van der Waals surface area contributed by atoms with Gasteiger partial charge in [0.15, 0.2) is 5.78 Å². The third-order valence-corrected chi connectivity index (χ3v) is 2.95. The zero-order valence-electron chi connectivity index (χ0n) is 10.7. The predicted octanol–water partition coefficient (Wildman–Crippen LogP) is 2.67. The minimum Gasteiger partial charge on any atom is -0.312 e. The molecule has 96 valence electrons. The molecule has 1 aromatic rings. The van der Waals surface area contributed by atoms with Crippen molar-refractivity contribution in [3.05, 3.63) is 59.2 Å². The van der Waals surface area contributed by atoms with Crippen LogP contribution >= 0.6 is 0 Å². The Morgan fingerprint density at radius 2 is 1.74 bits per heavy atom. The lowest BCUT2D eigenvalue weighted by molar-refractivity contribution is -0.111. The van der Waals surface area contributed by atoms with Crippen molar-refractivity contribution in [1.29, 1.82) is 0 Å². The number of nitrogens with zero attached hydrogens (tertiary/aromatic N) is 1. The summed E-state index contributed by atoms with van der Waals surface area (Å²) in [5.74, 6) is -0.574. The Kier molecular flexibility index (Phi) is 3.71. The fourth-order valence-electron chi connectivity index (χ4n) is 1.60. The molecule has 19 heavy (non-hydrogen) atoms. The molecule has 2 rings (SSSR count). The number of hydrogen-bond acceptors (Lipinski definition) is 4. The lowest BCUT2D eigenvalue weighted by Crippen LogP contribution is -2.12. The summed E-state index contributed by atoms with van der Waals surface area (Å²) in [5.41, 5.74) is 2.24. The fourth-order valence-corrected chi connectivity index (χ4v) is 1.60. The van der Waals surface area contributed by atoms with E-state index < -0.39 is 5.97 Å². The van der Waals surface area contributed by atoms with Gasteiger partial charge in [-0.05, 0) is 43.7 Å². The molecule has 0 atom stereocenters. The standard InChI is InChI=1S/C15H13NO3/c1-10-11(2)14(17)9-8-13(10)16-19-15(18)12-6-4-3-5-7-12/h3-9H,1-2H3/b16-13-. The van der Waals surface area contributed by atoms with E-state index in [9.17, 15) is 9.59 Å². The van der Waals surface area contributed by atoms with E-state index in [-0.39, 0.29) is 5.78 Å². The Hall–Kier alpha value is -2.49. The highest BCUT2D eigenvalue weighted by Gasteiger charge is 2.15. The average molecular weight is 255 g/mol. The SMILES string of the molecule is CC1=C(C)/C(=N\OC(=O)c2ccccc2)C=CC1=O. The van der Waals surface area contributed by atoms with Crippen molar-refractivity contribution in [2.75, 3.05) is 0 Å². The van der Waals surface area contributed by atoms with Crippen molar-refractivity contribution in [2.24, 2.45) is 5.16 Å². The van der Waals surface area contributed by atoms with Crippen LogP contribution in [0.2, 0.25) is 0 Å². The van der Waals surface area contributed by atoms with E-state index in [0.29, 0.717) is 22.4 Å². The van der Waals surface area contributed by atoms with Crippen LogP contribution in [0.5, 0.6) is 0 Å². The first kappa shape index (κ1) is 13.0. The van der Waals surface area contributed by atoms with Gasteiger partial charge in [-0.15, -0.1) is 0 Å². The van der Waals surface area contributed by atoms with E-state index in [1.165, 1.54) is 6.08 Å². The van der Waals surface area contributed by atoms with Crippen molar-refractivity contribution in [1.82, 2.24) is 0 Å². The largest absolute Gasteiger partial charge is 0.365 e. The van der Waals surface area contributed by atoms with Gasteiger partial charge in [0.1, 0.15) is 5.71 Å². The number of hydrogen-bond donors (Lipinski definition) is 0.